The highest BCUT2D eigenvalue weighted by molar-refractivity contribution is 6.33. The molecule has 1 unspecified atom stereocenters. The summed E-state index contributed by atoms with van der Waals surface area (Å²) in [4.78, 5) is 22.7. The third kappa shape index (κ3) is 4.48. The summed E-state index contributed by atoms with van der Waals surface area (Å²) in [5.41, 5.74) is 0.278. The van der Waals surface area contributed by atoms with Crippen molar-refractivity contribution < 1.29 is 14.7 Å². The normalized spacial score (nSPS) is 11.2. The molecule has 0 aliphatic rings. The Morgan fingerprint density at radius 3 is 2.75 bits per heavy atom. The molecular weight excluding hydrogens is 280 g/mol. The second-order valence-electron chi connectivity index (χ2n) is 4.11. The Kier molecular flexibility index (Phi) is 5.88. The van der Waals surface area contributed by atoms with Crippen LogP contribution in [-0.2, 0) is 0 Å². The fourth-order valence-electron chi connectivity index (χ4n) is 1.54. The smallest absolute Gasteiger partial charge is 0.335 e. The van der Waals surface area contributed by atoms with Crippen LogP contribution in [0.25, 0.3) is 0 Å². The topological polar surface area (TPSA) is 78.4 Å². The summed E-state index contributed by atoms with van der Waals surface area (Å²) >= 11 is 5.91. The van der Waals surface area contributed by atoms with Gasteiger partial charge < -0.3 is 15.7 Å². The number of carbonyl (C=O) groups is 2. The second-order valence-corrected chi connectivity index (χ2v) is 4.52. The molecule has 0 fully saturated rings. The van der Waals surface area contributed by atoms with E-state index in [1.807, 2.05) is 6.92 Å². The van der Waals surface area contributed by atoms with Gasteiger partial charge in [0.15, 0.2) is 0 Å². The molecule has 1 aromatic rings. The quantitative estimate of drug-likeness (QED) is 0.731. The molecule has 1 aromatic carbocycles. The van der Waals surface area contributed by atoms with Gasteiger partial charge in [0.1, 0.15) is 0 Å². The molecule has 0 heterocycles. The molecule has 0 aliphatic heterocycles. The van der Waals surface area contributed by atoms with E-state index in [-0.39, 0.29) is 22.3 Å². The lowest BCUT2D eigenvalue weighted by Crippen LogP contribution is -2.37. The highest BCUT2D eigenvalue weighted by Gasteiger charge is 2.12. The Bertz CT molecular complexity index is 552. The number of aromatic carboxylic acids is 1. The van der Waals surface area contributed by atoms with Crippen molar-refractivity contribution in [2.24, 2.45) is 0 Å². The molecule has 106 valence electrons. The van der Waals surface area contributed by atoms with E-state index >= 15 is 0 Å². The van der Waals surface area contributed by atoms with Gasteiger partial charge in [-0.1, -0.05) is 18.5 Å². The molecule has 0 aromatic heterocycles. The molecule has 1 atom stereocenters. The standard InChI is InChI=1S/C14H15ClN2O3/c1-3-5-10(4-2)16-14(20)17-12-8-9(13(18)19)6-7-11(12)15/h1,6-8,10H,4-5H2,2H3,(H,18,19)(H2,16,17,20). The molecule has 0 saturated heterocycles. The summed E-state index contributed by atoms with van der Waals surface area (Å²) in [6.45, 7) is 1.90. The van der Waals surface area contributed by atoms with E-state index in [2.05, 4.69) is 16.6 Å². The SMILES string of the molecule is C#CCC(CC)NC(=O)Nc1cc(C(=O)O)ccc1Cl. The molecular formula is C14H15ClN2O3. The summed E-state index contributed by atoms with van der Waals surface area (Å²) in [6, 6.07) is 3.46. The molecule has 3 N–H and O–H groups in total. The zero-order valence-electron chi connectivity index (χ0n) is 10.9. The number of nitrogens with one attached hydrogen (secondary N) is 2. The van der Waals surface area contributed by atoms with Gasteiger partial charge in [-0.05, 0) is 24.6 Å². The van der Waals surface area contributed by atoms with Crippen molar-refractivity contribution in [1.82, 2.24) is 5.32 Å². The number of benzene rings is 1. The van der Waals surface area contributed by atoms with Crippen LogP contribution < -0.4 is 10.6 Å². The first-order valence-corrected chi connectivity index (χ1v) is 6.39. The molecule has 0 bridgehead atoms. The Labute approximate surface area is 122 Å². The van der Waals surface area contributed by atoms with Crippen molar-refractivity contribution in [2.75, 3.05) is 5.32 Å². The van der Waals surface area contributed by atoms with E-state index in [9.17, 15) is 9.59 Å². The lowest BCUT2D eigenvalue weighted by molar-refractivity contribution is 0.0697. The predicted molar refractivity (Wildman–Crippen MR) is 78.1 cm³/mol. The van der Waals surface area contributed by atoms with Gasteiger partial charge in [0.2, 0.25) is 0 Å². The van der Waals surface area contributed by atoms with Crippen molar-refractivity contribution in [1.29, 1.82) is 0 Å². The summed E-state index contributed by atoms with van der Waals surface area (Å²) in [6.07, 6.45) is 6.32. The fourth-order valence-corrected chi connectivity index (χ4v) is 1.70. The van der Waals surface area contributed by atoms with Crippen LogP contribution in [0.4, 0.5) is 10.5 Å². The van der Waals surface area contributed by atoms with Crippen LogP contribution >= 0.6 is 11.6 Å². The number of carbonyl (C=O) groups excluding carboxylic acids is 1. The predicted octanol–water partition coefficient (Wildman–Crippen LogP) is 2.96. The number of rotatable bonds is 5. The van der Waals surface area contributed by atoms with E-state index < -0.39 is 12.0 Å². The van der Waals surface area contributed by atoms with Crippen LogP contribution in [0, 0.1) is 12.3 Å². The van der Waals surface area contributed by atoms with E-state index in [0.717, 1.165) is 0 Å². The van der Waals surface area contributed by atoms with Crippen molar-refractivity contribution >= 4 is 29.3 Å². The van der Waals surface area contributed by atoms with Gasteiger partial charge in [-0.2, -0.15) is 0 Å². The van der Waals surface area contributed by atoms with Crippen LogP contribution in [0.1, 0.15) is 30.1 Å². The van der Waals surface area contributed by atoms with Crippen LogP contribution in [-0.4, -0.2) is 23.1 Å². The minimum absolute atomic E-state index is 0.0420. The maximum absolute atomic E-state index is 11.8. The third-order valence-electron chi connectivity index (χ3n) is 2.65. The maximum atomic E-state index is 11.8. The number of halogens is 1. The van der Waals surface area contributed by atoms with E-state index in [1.165, 1.54) is 18.2 Å². The van der Waals surface area contributed by atoms with Crippen LogP contribution in [0.15, 0.2) is 18.2 Å². The number of anilines is 1. The molecule has 6 heteroatoms. The number of carboxylic acid groups (broad SMARTS) is 1. The molecule has 0 aliphatic carbocycles. The van der Waals surface area contributed by atoms with E-state index in [1.54, 1.807) is 0 Å². The monoisotopic (exact) mass is 294 g/mol. The lowest BCUT2D eigenvalue weighted by Gasteiger charge is -2.15. The summed E-state index contributed by atoms with van der Waals surface area (Å²) in [5, 5.41) is 14.4. The van der Waals surface area contributed by atoms with E-state index in [0.29, 0.717) is 12.8 Å². The summed E-state index contributed by atoms with van der Waals surface area (Å²) < 4.78 is 0. The van der Waals surface area contributed by atoms with Gasteiger partial charge in [-0.3, -0.25) is 0 Å². The van der Waals surface area contributed by atoms with Gasteiger partial charge in [0.05, 0.1) is 16.3 Å². The third-order valence-corrected chi connectivity index (χ3v) is 2.98. The Morgan fingerprint density at radius 2 is 2.20 bits per heavy atom. The number of hydrogen-bond donors (Lipinski definition) is 3. The highest BCUT2D eigenvalue weighted by Crippen LogP contribution is 2.23. The van der Waals surface area contributed by atoms with Crippen LogP contribution in [0.3, 0.4) is 0 Å². The summed E-state index contributed by atoms with van der Waals surface area (Å²) in [5.74, 6) is 1.38. The Morgan fingerprint density at radius 1 is 1.50 bits per heavy atom. The maximum Gasteiger partial charge on any atom is 0.335 e. The van der Waals surface area contributed by atoms with Gasteiger partial charge >= 0.3 is 12.0 Å². The lowest BCUT2D eigenvalue weighted by atomic mass is 10.1. The highest BCUT2D eigenvalue weighted by atomic mass is 35.5. The van der Waals surface area contributed by atoms with E-state index in [4.69, 9.17) is 23.1 Å². The number of hydrogen-bond acceptors (Lipinski definition) is 2. The molecule has 20 heavy (non-hydrogen) atoms. The van der Waals surface area contributed by atoms with Crippen LogP contribution in [0.5, 0.6) is 0 Å². The van der Waals surface area contributed by atoms with Crippen molar-refractivity contribution in [3.05, 3.63) is 28.8 Å². The van der Waals surface area contributed by atoms with Crippen LogP contribution in [0.2, 0.25) is 5.02 Å². The molecule has 2 amide bonds. The van der Waals surface area contributed by atoms with Gasteiger partial charge in [0, 0.05) is 12.5 Å². The number of carboxylic acids is 1. The molecule has 5 nitrogen and oxygen atoms in total. The first kappa shape index (κ1) is 15.9. The zero-order valence-corrected chi connectivity index (χ0v) is 11.7. The number of amides is 2. The molecule has 0 spiro atoms. The van der Waals surface area contributed by atoms with Crippen molar-refractivity contribution in [3.63, 3.8) is 0 Å². The molecule has 1 rings (SSSR count). The largest absolute Gasteiger partial charge is 0.478 e. The Hall–Kier alpha value is -2.19. The fraction of sp³-hybridized carbons (Fsp3) is 0.286. The zero-order chi connectivity index (χ0) is 15.1. The van der Waals surface area contributed by atoms with Gasteiger partial charge in [-0.25, -0.2) is 9.59 Å². The first-order valence-electron chi connectivity index (χ1n) is 6.01. The number of terminal acetylenes is 1. The average molecular weight is 295 g/mol. The molecule has 0 radical (unpaired) electrons. The van der Waals surface area contributed by atoms with Gasteiger partial charge in [-0.15, -0.1) is 12.3 Å². The minimum atomic E-state index is -1.09. The number of urea groups is 1. The first-order chi connectivity index (χ1) is 9.47. The van der Waals surface area contributed by atoms with Crippen molar-refractivity contribution in [2.45, 2.75) is 25.8 Å². The average Bonchev–Trinajstić information content (AvgIpc) is 2.40. The van der Waals surface area contributed by atoms with Crippen molar-refractivity contribution in [3.8, 4) is 12.3 Å². The minimum Gasteiger partial charge on any atom is -0.478 e. The Balaban J connectivity index is 2.77. The second kappa shape index (κ2) is 7.41. The molecule has 0 saturated carbocycles. The van der Waals surface area contributed by atoms with Gasteiger partial charge in [0.25, 0.3) is 0 Å². The summed E-state index contributed by atoms with van der Waals surface area (Å²) in [7, 11) is 0.